The molecule has 0 atom stereocenters. The van der Waals surface area contributed by atoms with E-state index in [1.165, 1.54) is 31.2 Å². The molecular formula is C22H23N3OS. The molecule has 2 aromatic carbocycles. The van der Waals surface area contributed by atoms with Crippen molar-refractivity contribution < 1.29 is 4.74 Å². The molecule has 1 heterocycles. The zero-order valence-electron chi connectivity index (χ0n) is 15.2. The molecule has 3 aromatic rings. The van der Waals surface area contributed by atoms with Crippen molar-refractivity contribution in [2.24, 2.45) is 5.10 Å². The first-order valence-corrected chi connectivity index (χ1v) is 10.3. The number of nitrogens with one attached hydrogen (secondary N) is 1. The Kier molecular flexibility index (Phi) is 5.92. The predicted molar refractivity (Wildman–Crippen MR) is 112 cm³/mol. The monoisotopic (exact) mass is 377 g/mol. The molecule has 0 bridgehead atoms. The topological polar surface area (TPSA) is 46.5 Å². The van der Waals surface area contributed by atoms with Crippen LogP contribution in [0, 0.1) is 0 Å². The number of hydrogen-bond acceptors (Lipinski definition) is 5. The van der Waals surface area contributed by atoms with E-state index < -0.39 is 0 Å². The zero-order chi connectivity index (χ0) is 18.3. The second-order valence-electron chi connectivity index (χ2n) is 6.74. The molecule has 4 rings (SSSR count). The Morgan fingerprint density at radius 2 is 1.96 bits per heavy atom. The number of hydrazone groups is 1. The van der Waals surface area contributed by atoms with Gasteiger partial charge in [0, 0.05) is 10.9 Å². The summed E-state index contributed by atoms with van der Waals surface area (Å²) < 4.78 is 5.99. The lowest BCUT2D eigenvalue weighted by Crippen LogP contribution is -2.07. The lowest BCUT2D eigenvalue weighted by molar-refractivity contribution is 0.0457. The van der Waals surface area contributed by atoms with Gasteiger partial charge in [-0.25, -0.2) is 4.98 Å². The van der Waals surface area contributed by atoms with Crippen LogP contribution in [0.25, 0.3) is 11.3 Å². The van der Waals surface area contributed by atoms with Crippen molar-refractivity contribution >= 4 is 22.7 Å². The highest BCUT2D eigenvalue weighted by Gasteiger charge is 2.15. The van der Waals surface area contributed by atoms with Gasteiger partial charge in [-0.1, -0.05) is 61.4 Å². The van der Waals surface area contributed by atoms with Crippen LogP contribution >= 0.6 is 11.3 Å². The number of aromatic nitrogens is 1. The van der Waals surface area contributed by atoms with E-state index in [1.54, 1.807) is 11.3 Å². The summed E-state index contributed by atoms with van der Waals surface area (Å²) in [5.74, 6) is 0. The van der Waals surface area contributed by atoms with E-state index in [-0.39, 0.29) is 0 Å². The Hall–Kier alpha value is -2.50. The molecule has 0 amide bonds. The Balaban J connectivity index is 1.33. The van der Waals surface area contributed by atoms with Crippen molar-refractivity contribution in [3.8, 4) is 11.3 Å². The van der Waals surface area contributed by atoms with Gasteiger partial charge < -0.3 is 4.74 Å². The van der Waals surface area contributed by atoms with Crippen molar-refractivity contribution in [2.45, 2.75) is 38.4 Å². The normalized spacial score (nSPS) is 14.8. The molecule has 5 heteroatoms. The number of anilines is 1. The van der Waals surface area contributed by atoms with Crippen LogP contribution in [-0.2, 0) is 11.3 Å². The number of ether oxygens (including phenoxy) is 1. The minimum absolute atomic E-state index is 0.438. The van der Waals surface area contributed by atoms with E-state index in [0.717, 1.165) is 22.0 Å². The summed E-state index contributed by atoms with van der Waals surface area (Å²) in [5.41, 5.74) is 7.34. The molecule has 1 aliphatic carbocycles. The molecule has 1 N–H and O–H groups in total. The maximum Gasteiger partial charge on any atom is 0.203 e. The number of nitrogens with zero attached hydrogens (tertiary/aromatic N) is 2. The van der Waals surface area contributed by atoms with E-state index >= 15 is 0 Å². The summed E-state index contributed by atoms with van der Waals surface area (Å²) in [7, 11) is 0. The molecule has 1 aliphatic rings. The van der Waals surface area contributed by atoms with Gasteiger partial charge in [0.2, 0.25) is 5.13 Å². The molecule has 4 nitrogen and oxygen atoms in total. The van der Waals surface area contributed by atoms with Crippen LogP contribution in [0.5, 0.6) is 0 Å². The maximum atomic E-state index is 5.99. The third-order valence-corrected chi connectivity index (χ3v) is 5.43. The molecule has 138 valence electrons. The Labute approximate surface area is 163 Å². The smallest absolute Gasteiger partial charge is 0.203 e. The lowest BCUT2D eigenvalue weighted by atomic mass is 10.1. The fraction of sp³-hybridized carbons (Fsp3) is 0.273. The molecule has 0 spiro atoms. The van der Waals surface area contributed by atoms with Crippen molar-refractivity contribution in [3.63, 3.8) is 0 Å². The minimum Gasteiger partial charge on any atom is -0.374 e. The van der Waals surface area contributed by atoms with Crippen LogP contribution < -0.4 is 5.43 Å². The second-order valence-corrected chi connectivity index (χ2v) is 7.59. The van der Waals surface area contributed by atoms with Gasteiger partial charge in [0.25, 0.3) is 0 Å². The number of rotatable bonds is 7. The highest BCUT2D eigenvalue weighted by molar-refractivity contribution is 7.14. The average Bonchev–Trinajstić information content (AvgIpc) is 3.40. The van der Waals surface area contributed by atoms with Crippen LogP contribution in [0.3, 0.4) is 0 Å². The quantitative estimate of drug-likeness (QED) is 0.423. The molecule has 0 saturated heterocycles. The van der Waals surface area contributed by atoms with Crippen LogP contribution in [0.15, 0.2) is 65.1 Å². The summed E-state index contributed by atoms with van der Waals surface area (Å²) in [5, 5.41) is 7.15. The van der Waals surface area contributed by atoms with Crippen LogP contribution in [0.1, 0.15) is 36.8 Å². The zero-order valence-corrected chi connectivity index (χ0v) is 16.0. The molecule has 27 heavy (non-hydrogen) atoms. The van der Waals surface area contributed by atoms with Gasteiger partial charge in [-0.05, 0) is 30.0 Å². The van der Waals surface area contributed by atoms with Crippen LogP contribution in [0.4, 0.5) is 5.13 Å². The molecular weight excluding hydrogens is 354 g/mol. The van der Waals surface area contributed by atoms with E-state index in [2.05, 4.69) is 39.8 Å². The van der Waals surface area contributed by atoms with E-state index in [0.29, 0.717) is 12.7 Å². The summed E-state index contributed by atoms with van der Waals surface area (Å²) in [4.78, 5) is 4.58. The van der Waals surface area contributed by atoms with E-state index in [4.69, 9.17) is 4.74 Å². The molecule has 1 aromatic heterocycles. The van der Waals surface area contributed by atoms with Crippen molar-refractivity contribution in [2.75, 3.05) is 5.43 Å². The fourth-order valence-electron chi connectivity index (χ4n) is 3.26. The second kappa shape index (κ2) is 8.93. The van der Waals surface area contributed by atoms with Crippen molar-refractivity contribution in [3.05, 3.63) is 71.1 Å². The van der Waals surface area contributed by atoms with Crippen LogP contribution in [-0.4, -0.2) is 17.3 Å². The third kappa shape index (κ3) is 5.02. The summed E-state index contributed by atoms with van der Waals surface area (Å²) in [6, 6.07) is 18.5. The molecule has 1 fully saturated rings. The Morgan fingerprint density at radius 1 is 1.11 bits per heavy atom. The SMILES string of the molecule is C(=NNc1nc(-c2ccccc2)cs1)c1cccc(COC2CCCC2)c1. The van der Waals surface area contributed by atoms with E-state index in [9.17, 15) is 0 Å². The highest BCUT2D eigenvalue weighted by atomic mass is 32.1. The summed E-state index contributed by atoms with van der Waals surface area (Å²) >= 11 is 1.55. The first kappa shape index (κ1) is 17.9. The largest absolute Gasteiger partial charge is 0.374 e. The molecule has 0 radical (unpaired) electrons. The Bertz CT molecular complexity index is 885. The Morgan fingerprint density at radius 3 is 2.81 bits per heavy atom. The van der Waals surface area contributed by atoms with Gasteiger partial charge in [0.05, 0.1) is 24.6 Å². The van der Waals surface area contributed by atoms with Gasteiger partial charge >= 0.3 is 0 Å². The highest BCUT2D eigenvalue weighted by Crippen LogP contribution is 2.24. The summed E-state index contributed by atoms with van der Waals surface area (Å²) in [6.45, 7) is 0.673. The lowest BCUT2D eigenvalue weighted by Gasteiger charge is -2.11. The maximum absolute atomic E-state index is 5.99. The third-order valence-electron chi connectivity index (χ3n) is 4.69. The standard InChI is InChI=1S/C22H23N3OS/c1-2-9-19(10-3-1)21-16-27-22(24-21)25-23-14-17-7-6-8-18(13-17)15-26-20-11-4-5-12-20/h1-3,6-10,13-14,16,20H,4-5,11-12,15H2,(H,24,25). The van der Waals surface area contributed by atoms with E-state index in [1.807, 2.05) is 41.9 Å². The van der Waals surface area contributed by atoms with Gasteiger partial charge in [-0.3, -0.25) is 5.43 Å². The van der Waals surface area contributed by atoms with Crippen molar-refractivity contribution in [1.82, 2.24) is 4.98 Å². The molecule has 1 saturated carbocycles. The number of benzene rings is 2. The minimum atomic E-state index is 0.438. The average molecular weight is 378 g/mol. The van der Waals surface area contributed by atoms with Gasteiger partial charge in [0.1, 0.15) is 0 Å². The summed E-state index contributed by atoms with van der Waals surface area (Å²) in [6.07, 6.45) is 7.25. The first-order chi connectivity index (χ1) is 13.4. The predicted octanol–water partition coefficient (Wildman–Crippen LogP) is 5.72. The molecule has 0 aliphatic heterocycles. The molecule has 0 unspecified atom stereocenters. The van der Waals surface area contributed by atoms with Gasteiger partial charge in [-0.15, -0.1) is 11.3 Å². The van der Waals surface area contributed by atoms with Gasteiger partial charge in [-0.2, -0.15) is 5.10 Å². The van der Waals surface area contributed by atoms with Crippen molar-refractivity contribution in [1.29, 1.82) is 0 Å². The van der Waals surface area contributed by atoms with Crippen LogP contribution in [0.2, 0.25) is 0 Å². The number of thiazole rings is 1. The number of hydrogen-bond donors (Lipinski definition) is 1. The first-order valence-electron chi connectivity index (χ1n) is 9.37. The fourth-order valence-corrected chi connectivity index (χ4v) is 3.93. The van der Waals surface area contributed by atoms with Gasteiger partial charge in [0.15, 0.2) is 0 Å².